The fourth-order valence-electron chi connectivity index (χ4n) is 3.88. The van der Waals surface area contributed by atoms with Crippen molar-refractivity contribution in [2.24, 2.45) is 0 Å². The number of nitrogens with one attached hydrogen (secondary N) is 1. The lowest BCUT2D eigenvalue weighted by Crippen LogP contribution is -2.16. The molecule has 180 valence electrons. The number of para-hydroxylation sites is 1. The Balaban J connectivity index is 1.48. The number of sulfonamides is 1. The summed E-state index contributed by atoms with van der Waals surface area (Å²) in [5, 5.41) is 0.552. The van der Waals surface area contributed by atoms with Crippen molar-refractivity contribution in [3.8, 4) is 0 Å². The maximum Gasteiger partial charge on any atom is 0.308 e. The molecular weight excluding hydrogens is 516 g/mol. The lowest BCUT2D eigenvalue weighted by atomic mass is 10.0. The molecule has 0 aliphatic carbocycles. The van der Waals surface area contributed by atoms with E-state index >= 15 is 0 Å². The zero-order valence-corrected chi connectivity index (χ0v) is 21.1. The van der Waals surface area contributed by atoms with Crippen LogP contribution in [0.4, 0.5) is 5.69 Å². The molecule has 1 N–H and O–H groups in total. The monoisotopic (exact) mass is 534 g/mol. The number of ketones is 1. The van der Waals surface area contributed by atoms with Gasteiger partial charge in [0.1, 0.15) is 0 Å². The molecule has 6 nitrogen and oxygen atoms in total. The maximum absolute atomic E-state index is 13.3. The molecule has 5 rings (SSSR count). The molecule has 5 aromatic rings. The summed E-state index contributed by atoms with van der Waals surface area (Å²) >= 11 is 7.22. The second-order valence-electron chi connectivity index (χ2n) is 8.02. The van der Waals surface area contributed by atoms with Gasteiger partial charge in [-0.3, -0.25) is 18.9 Å². The summed E-state index contributed by atoms with van der Waals surface area (Å²) < 4.78 is 31.2. The molecule has 0 fully saturated rings. The van der Waals surface area contributed by atoms with Crippen LogP contribution in [0.25, 0.3) is 10.2 Å². The molecule has 0 amide bonds. The van der Waals surface area contributed by atoms with E-state index in [-0.39, 0.29) is 33.3 Å². The van der Waals surface area contributed by atoms with Crippen LogP contribution < -0.4 is 9.60 Å². The highest BCUT2D eigenvalue weighted by molar-refractivity contribution is 7.92. The van der Waals surface area contributed by atoms with Gasteiger partial charge in [-0.1, -0.05) is 83.6 Å². The smallest absolute Gasteiger partial charge is 0.294 e. The van der Waals surface area contributed by atoms with Crippen LogP contribution in [0, 0.1) is 0 Å². The number of aromatic nitrogens is 1. The second kappa shape index (κ2) is 9.73. The van der Waals surface area contributed by atoms with Crippen molar-refractivity contribution in [1.82, 2.24) is 4.57 Å². The van der Waals surface area contributed by atoms with Crippen molar-refractivity contribution in [1.29, 1.82) is 0 Å². The largest absolute Gasteiger partial charge is 0.308 e. The molecular formula is C27H19ClN2O4S2. The zero-order valence-electron chi connectivity index (χ0n) is 18.7. The molecule has 9 heteroatoms. The van der Waals surface area contributed by atoms with Gasteiger partial charge >= 0.3 is 4.87 Å². The van der Waals surface area contributed by atoms with Crippen LogP contribution in [0.1, 0.15) is 21.5 Å². The molecule has 0 atom stereocenters. The Bertz CT molecular complexity index is 1760. The summed E-state index contributed by atoms with van der Waals surface area (Å²) in [5.74, 6) is -0.292. The standard InChI is InChI=1S/C27H19ClN2O4S2/c28-22-12-6-4-10-19(22)17-30-24-15-14-20(16-25(24)35-27(30)32)36(33,34)29-23-13-7-5-11-21(23)26(31)18-8-2-1-3-9-18/h1-16,29H,17H2. The highest BCUT2D eigenvalue weighted by Gasteiger charge is 2.21. The van der Waals surface area contributed by atoms with Crippen LogP contribution in [0.2, 0.25) is 5.02 Å². The van der Waals surface area contributed by atoms with Crippen LogP contribution in [-0.2, 0) is 16.6 Å². The lowest BCUT2D eigenvalue weighted by Gasteiger charge is -2.12. The van der Waals surface area contributed by atoms with E-state index in [2.05, 4.69) is 4.72 Å². The van der Waals surface area contributed by atoms with Crippen molar-refractivity contribution in [2.45, 2.75) is 11.4 Å². The number of halogens is 1. The molecule has 0 aliphatic rings. The van der Waals surface area contributed by atoms with Gasteiger partial charge in [-0.05, 0) is 42.0 Å². The number of benzene rings is 4. The summed E-state index contributed by atoms with van der Waals surface area (Å²) in [6.45, 7) is 0.276. The van der Waals surface area contributed by atoms with E-state index in [0.717, 1.165) is 16.9 Å². The normalized spacial score (nSPS) is 11.5. The van der Waals surface area contributed by atoms with Gasteiger partial charge in [-0.15, -0.1) is 0 Å². The summed E-state index contributed by atoms with van der Waals surface area (Å²) in [6.07, 6.45) is 0. The average Bonchev–Trinajstić information content (AvgIpc) is 3.19. The zero-order chi connectivity index (χ0) is 25.3. The van der Waals surface area contributed by atoms with Crippen molar-refractivity contribution in [3.05, 3.63) is 128 Å². The average molecular weight is 535 g/mol. The van der Waals surface area contributed by atoms with Crippen LogP contribution in [0.15, 0.2) is 107 Å². The van der Waals surface area contributed by atoms with Gasteiger partial charge in [0.15, 0.2) is 5.78 Å². The lowest BCUT2D eigenvalue weighted by molar-refractivity contribution is 0.103. The van der Waals surface area contributed by atoms with E-state index in [1.807, 2.05) is 18.2 Å². The first-order valence-corrected chi connectivity index (χ1v) is 13.6. The van der Waals surface area contributed by atoms with Crippen LogP contribution in [0.5, 0.6) is 0 Å². The maximum atomic E-state index is 13.3. The first-order valence-electron chi connectivity index (χ1n) is 10.9. The van der Waals surface area contributed by atoms with E-state index in [1.165, 1.54) is 12.1 Å². The third kappa shape index (κ3) is 4.70. The first-order chi connectivity index (χ1) is 17.3. The van der Waals surface area contributed by atoms with Crippen molar-refractivity contribution < 1.29 is 13.2 Å². The quantitative estimate of drug-likeness (QED) is 0.267. The second-order valence-corrected chi connectivity index (χ2v) is 11.1. The topological polar surface area (TPSA) is 85.2 Å². The number of anilines is 1. The van der Waals surface area contributed by atoms with E-state index in [9.17, 15) is 18.0 Å². The van der Waals surface area contributed by atoms with Crippen molar-refractivity contribution >= 4 is 54.6 Å². The van der Waals surface area contributed by atoms with E-state index in [0.29, 0.717) is 20.8 Å². The SMILES string of the molecule is O=C(c1ccccc1)c1ccccc1NS(=O)(=O)c1ccc2c(c1)sc(=O)n2Cc1ccccc1Cl. The number of nitrogens with zero attached hydrogens (tertiary/aromatic N) is 1. The molecule has 0 aliphatic heterocycles. The molecule has 0 unspecified atom stereocenters. The minimum atomic E-state index is -4.04. The summed E-state index contributed by atoms with van der Waals surface area (Å²) in [7, 11) is -4.04. The number of carbonyl (C=O) groups excluding carboxylic acids is 1. The minimum Gasteiger partial charge on any atom is -0.294 e. The molecule has 36 heavy (non-hydrogen) atoms. The van der Waals surface area contributed by atoms with Gasteiger partial charge in [0.05, 0.1) is 27.3 Å². The summed E-state index contributed by atoms with van der Waals surface area (Å²) in [6, 6.07) is 26.9. The Hall–Kier alpha value is -3.72. The highest BCUT2D eigenvalue weighted by Crippen LogP contribution is 2.27. The molecule has 0 bridgehead atoms. The number of hydrogen-bond donors (Lipinski definition) is 1. The molecule has 4 aromatic carbocycles. The highest BCUT2D eigenvalue weighted by atomic mass is 35.5. The van der Waals surface area contributed by atoms with E-state index in [1.54, 1.807) is 71.3 Å². The van der Waals surface area contributed by atoms with Gasteiger partial charge in [0.2, 0.25) is 0 Å². The third-order valence-electron chi connectivity index (χ3n) is 5.69. The van der Waals surface area contributed by atoms with Crippen LogP contribution in [-0.4, -0.2) is 18.8 Å². The van der Waals surface area contributed by atoms with Crippen molar-refractivity contribution in [3.63, 3.8) is 0 Å². The fraction of sp³-hybridized carbons (Fsp3) is 0.0370. The third-order valence-corrected chi connectivity index (χ3v) is 8.36. The number of hydrogen-bond acceptors (Lipinski definition) is 5. The first kappa shape index (κ1) is 24.0. The van der Waals surface area contributed by atoms with Gasteiger partial charge in [0, 0.05) is 16.1 Å². The summed E-state index contributed by atoms with van der Waals surface area (Å²) in [5.41, 5.74) is 2.28. The predicted molar refractivity (Wildman–Crippen MR) is 144 cm³/mol. The Morgan fingerprint density at radius 3 is 2.36 bits per heavy atom. The van der Waals surface area contributed by atoms with Crippen LogP contribution >= 0.6 is 22.9 Å². The number of thiazole rings is 1. The Morgan fingerprint density at radius 1 is 0.889 bits per heavy atom. The molecule has 1 aromatic heterocycles. The van der Waals surface area contributed by atoms with Crippen molar-refractivity contribution in [2.75, 3.05) is 4.72 Å². The number of carbonyl (C=O) groups is 1. The number of fused-ring (bicyclic) bond motifs is 1. The minimum absolute atomic E-state index is 0.0110. The Kier molecular flexibility index (Phi) is 6.49. The molecule has 0 saturated carbocycles. The van der Waals surface area contributed by atoms with Crippen LogP contribution in [0.3, 0.4) is 0 Å². The van der Waals surface area contributed by atoms with Gasteiger partial charge < -0.3 is 0 Å². The predicted octanol–water partition coefficient (Wildman–Crippen LogP) is 5.80. The molecule has 0 radical (unpaired) electrons. The Morgan fingerprint density at radius 2 is 1.58 bits per heavy atom. The van der Waals surface area contributed by atoms with E-state index in [4.69, 9.17) is 11.6 Å². The molecule has 0 saturated heterocycles. The fourth-order valence-corrected chi connectivity index (χ4v) is 6.18. The molecule has 0 spiro atoms. The number of rotatable bonds is 7. The Labute approximate surface area is 216 Å². The summed E-state index contributed by atoms with van der Waals surface area (Å²) in [4.78, 5) is 25.5. The molecule has 1 heterocycles. The van der Waals surface area contributed by atoms with Gasteiger partial charge in [0.25, 0.3) is 10.0 Å². The van der Waals surface area contributed by atoms with Gasteiger partial charge in [-0.2, -0.15) is 0 Å². The van der Waals surface area contributed by atoms with Gasteiger partial charge in [-0.25, -0.2) is 8.42 Å². The van der Waals surface area contributed by atoms with E-state index < -0.39 is 10.0 Å².